The average Bonchev–Trinajstić information content (AvgIpc) is 2.32. The highest BCUT2D eigenvalue weighted by atomic mass is 32.1. The number of hydrogen-bond donors (Lipinski definition) is 1. The largest absolute Gasteiger partial charge is 0.477 e. The van der Waals surface area contributed by atoms with Crippen molar-refractivity contribution < 1.29 is 9.90 Å². The molecule has 1 aromatic rings. The molecule has 1 rings (SSSR count). The van der Waals surface area contributed by atoms with Crippen molar-refractivity contribution in [3.8, 4) is 0 Å². The molecule has 0 aliphatic carbocycles. The van der Waals surface area contributed by atoms with Gasteiger partial charge in [0.25, 0.3) is 0 Å². The zero-order valence-electron chi connectivity index (χ0n) is 7.26. The zero-order chi connectivity index (χ0) is 9.14. The quantitative estimate of drug-likeness (QED) is 0.784. The molecule has 0 fully saturated rings. The standard InChI is InChI=1S/C9H12O2S/c1-3-4-7-5-6(2)12-8(7)9(10)11/h5H,3-4H2,1-2H3,(H,10,11). The molecular weight excluding hydrogens is 172 g/mol. The molecule has 0 amide bonds. The maximum absolute atomic E-state index is 10.7. The van der Waals surface area contributed by atoms with Gasteiger partial charge >= 0.3 is 5.97 Å². The lowest BCUT2D eigenvalue weighted by Gasteiger charge is -1.94. The topological polar surface area (TPSA) is 37.3 Å². The van der Waals surface area contributed by atoms with Crippen LogP contribution in [0.5, 0.6) is 0 Å². The molecule has 0 radical (unpaired) electrons. The minimum atomic E-state index is -0.795. The molecule has 1 heterocycles. The molecule has 3 heteroatoms. The van der Waals surface area contributed by atoms with Gasteiger partial charge in [-0.05, 0) is 25.0 Å². The van der Waals surface area contributed by atoms with Gasteiger partial charge in [-0.2, -0.15) is 0 Å². The van der Waals surface area contributed by atoms with E-state index >= 15 is 0 Å². The third-order valence-corrected chi connectivity index (χ3v) is 2.73. The average molecular weight is 184 g/mol. The van der Waals surface area contributed by atoms with E-state index in [1.54, 1.807) is 0 Å². The van der Waals surface area contributed by atoms with E-state index in [1.165, 1.54) is 11.3 Å². The third-order valence-electron chi connectivity index (χ3n) is 1.65. The predicted molar refractivity (Wildman–Crippen MR) is 50.0 cm³/mol. The van der Waals surface area contributed by atoms with Gasteiger partial charge in [0, 0.05) is 4.88 Å². The van der Waals surface area contributed by atoms with Crippen LogP contribution in [0.2, 0.25) is 0 Å². The normalized spacial score (nSPS) is 10.2. The number of aryl methyl sites for hydroxylation is 2. The minimum absolute atomic E-state index is 0.509. The van der Waals surface area contributed by atoms with E-state index in [4.69, 9.17) is 5.11 Å². The Morgan fingerprint density at radius 3 is 2.83 bits per heavy atom. The summed E-state index contributed by atoms with van der Waals surface area (Å²) >= 11 is 1.36. The first-order valence-corrected chi connectivity index (χ1v) is 4.79. The molecule has 0 aliphatic heterocycles. The molecule has 0 unspecified atom stereocenters. The minimum Gasteiger partial charge on any atom is -0.477 e. The summed E-state index contributed by atoms with van der Waals surface area (Å²) in [7, 11) is 0. The van der Waals surface area contributed by atoms with E-state index in [2.05, 4.69) is 6.92 Å². The van der Waals surface area contributed by atoms with Crippen molar-refractivity contribution in [2.45, 2.75) is 26.7 Å². The van der Waals surface area contributed by atoms with Gasteiger partial charge in [0.05, 0.1) is 0 Å². The summed E-state index contributed by atoms with van der Waals surface area (Å²) in [6.07, 6.45) is 1.86. The van der Waals surface area contributed by atoms with Crippen molar-refractivity contribution in [2.24, 2.45) is 0 Å². The van der Waals surface area contributed by atoms with Crippen LogP contribution in [-0.4, -0.2) is 11.1 Å². The Bertz CT molecular complexity index is 289. The number of aromatic carboxylic acids is 1. The van der Waals surface area contributed by atoms with Crippen LogP contribution in [0.3, 0.4) is 0 Å². The zero-order valence-corrected chi connectivity index (χ0v) is 8.07. The second-order valence-electron chi connectivity index (χ2n) is 2.77. The SMILES string of the molecule is CCCc1cc(C)sc1C(=O)O. The number of carbonyl (C=O) groups is 1. The Labute approximate surface area is 75.9 Å². The Balaban J connectivity index is 2.99. The molecule has 0 bridgehead atoms. The van der Waals surface area contributed by atoms with Crippen LogP contribution in [-0.2, 0) is 6.42 Å². The summed E-state index contributed by atoms with van der Waals surface area (Å²) in [6.45, 7) is 3.99. The molecule has 0 aromatic carbocycles. The molecule has 0 saturated heterocycles. The first-order chi connectivity index (χ1) is 5.65. The number of thiophene rings is 1. The van der Waals surface area contributed by atoms with Gasteiger partial charge < -0.3 is 5.11 Å². The second kappa shape index (κ2) is 3.72. The monoisotopic (exact) mass is 184 g/mol. The summed E-state index contributed by atoms with van der Waals surface area (Å²) in [4.78, 5) is 12.3. The lowest BCUT2D eigenvalue weighted by molar-refractivity contribution is 0.0701. The smallest absolute Gasteiger partial charge is 0.346 e. The number of hydrogen-bond acceptors (Lipinski definition) is 2. The molecule has 66 valence electrons. The molecule has 1 aromatic heterocycles. The molecule has 2 nitrogen and oxygen atoms in total. The second-order valence-corrected chi connectivity index (χ2v) is 4.02. The summed E-state index contributed by atoms with van der Waals surface area (Å²) in [6, 6.07) is 1.97. The van der Waals surface area contributed by atoms with Crippen molar-refractivity contribution in [3.63, 3.8) is 0 Å². The highest BCUT2D eigenvalue weighted by molar-refractivity contribution is 7.14. The van der Waals surface area contributed by atoms with E-state index in [-0.39, 0.29) is 0 Å². The molecule has 12 heavy (non-hydrogen) atoms. The van der Waals surface area contributed by atoms with Gasteiger partial charge in [0.15, 0.2) is 0 Å². The lowest BCUT2D eigenvalue weighted by Crippen LogP contribution is -1.96. The predicted octanol–water partition coefficient (Wildman–Crippen LogP) is 2.71. The van der Waals surface area contributed by atoms with Crippen molar-refractivity contribution in [2.75, 3.05) is 0 Å². The van der Waals surface area contributed by atoms with E-state index in [9.17, 15) is 4.79 Å². The van der Waals surface area contributed by atoms with Crippen LogP contribution in [0, 0.1) is 6.92 Å². The molecule has 0 spiro atoms. The van der Waals surface area contributed by atoms with Gasteiger partial charge in [0.1, 0.15) is 4.88 Å². The third kappa shape index (κ3) is 1.85. The Kier molecular flexibility index (Phi) is 2.87. The number of carboxylic acids is 1. The maximum Gasteiger partial charge on any atom is 0.346 e. The van der Waals surface area contributed by atoms with Gasteiger partial charge in [-0.3, -0.25) is 0 Å². The van der Waals surface area contributed by atoms with Crippen LogP contribution in [0.15, 0.2) is 6.07 Å². The van der Waals surface area contributed by atoms with Crippen molar-refractivity contribution in [1.82, 2.24) is 0 Å². The van der Waals surface area contributed by atoms with Crippen LogP contribution in [0.1, 0.15) is 33.5 Å². The van der Waals surface area contributed by atoms with E-state index in [0.29, 0.717) is 4.88 Å². The fraction of sp³-hybridized carbons (Fsp3) is 0.444. The maximum atomic E-state index is 10.7. The van der Waals surface area contributed by atoms with Crippen LogP contribution >= 0.6 is 11.3 Å². The number of carboxylic acid groups (broad SMARTS) is 1. The van der Waals surface area contributed by atoms with Crippen LogP contribution in [0.4, 0.5) is 0 Å². The molecular formula is C9H12O2S. The van der Waals surface area contributed by atoms with Crippen molar-refractivity contribution >= 4 is 17.3 Å². The van der Waals surface area contributed by atoms with E-state index < -0.39 is 5.97 Å². The van der Waals surface area contributed by atoms with Crippen LogP contribution in [0.25, 0.3) is 0 Å². The highest BCUT2D eigenvalue weighted by Crippen LogP contribution is 2.22. The summed E-state index contributed by atoms with van der Waals surface area (Å²) in [5, 5.41) is 8.82. The lowest BCUT2D eigenvalue weighted by atomic mass is 10.1. The summed E-state index contributed by atoms with van der Waals surface area (Å²) in [5.41, 5.74) is 0.979. The Morgan fingerprint density at radius 1 is 1.67 bits per heavy atom. The summed E-state index contributed by atoms with van der Waals surface area (Å²) in [5.74, 6) is -0.795. The molecule has 0 saturated carbocycles. The van der Waals surface area contributed by atoms with Crippen molar-refractivity contribution in [3.05, 3.63) is 21.4 Å². The van der Waals surface area contributed by atoms with Gasteiger partial charge in [-0.25, -0.2) is 4.79 Å². The number of rotatable bonds is 3. The molecule has 0 aliphatic rings. The van der Waals surface area contributed by atoms with E-state index in [1.807, 2.05) is 13.0 Å². The van der Waals surface area contributed by atoms with E-state index in [0.717, 1.165) is 23.3 Å². The highest BCUT2D eigenvalue weighted by Gasteiger charge is 2.12. The fourth-order valence-corrected chi connectivity index (χ4v) is 2.11. The summed E-state index contributed by atoms with van der Waals surface area (Å²) < 4.78 is 0. The Hall–Kier alpha value is -0.830. The van der Waals surface area contributed by atoms with Gasteiger partial charge in [0.2, 0.25) is 0 Å². The van der Waals surface area contributed by atoms with Gasteiger partial charge in [-0.15, -0.1) is 11.3 Å². The fourth-order valence-electron chi connectivity index (χ4n) is 1.20. The van der Waals surface area contributed by atoms with Crippen LogP contribution < -0.4 is 0 Å². The molecule has 1 N–H and O–H groups in total. The Morgan fingerprint density at radius 2 is 2.33 bits per heavy atom. The first-order valence-electron chi connectivity index (χ1n) is 3.97. The molecule has 0 atom stereocenters. The first kappa shape index (κ1) is 9.26. The van der Waals surface area contributed by atoms with Crippen molar-refractivity contribution in [1.29, 1.82) is 0 Å². The van der Waals surface area contributed by atoms with Gasteiger partial charge in [-0.1, -0.05) is 13.3 Å².